The largest absolute Gasteiger partial charge is 0.357 e. The second-order valence-corrected chi connectivity index (χ2v) is 6.19. The molecule has 4 nitrogen and oxygen atoms in total. The molecule has 2 aromatic rings. The fraction of sp³-hybridized carbons (Fsp3) is 0.350. The summed E-state index contributed by atoms with van der Waals surface area (Å²) >= 11 is 0. The van der Waals surface area contributed by atoms with Gasteiger partial charge in [0.25, 0.3) is 0 Å². The third kappa shape index (κ3) is 7.70. The average Bonchev–Trinajstić information content (AvgIpc) is 2.59. The van der Waals surface area contributed by atoms with Crippen molar-refractivity contribution in [1.29, 1.82) is 0 Å². The summed E-state index contributed by atoms with van der Waals surface area (Å²) in [5.74, 6) is 0.477. The molecule has 6 heteroatoms. The van der Waals surface area contributed by atoms with Crippen LogP contribution >= 0.6 is 24.0 Å². The summed E-state index contributed by atoms with van der Waals surface area (Å²) in [5, 5.41) is 6.37. The molecule has 0 fully saturated rings. The van der Waals surface area contributed by atoms with Crippen LogP contribution in [0.5, 0.6) is 0 Å². The molecule has 0 radical (unpaired) electrons. The maximum absolute atomic E-state index is 13.7. The minimum atomic E-state index is -0.206. The Morgan fingerprint density at radius 2 is 1.65 bits per heavy atom. The molecule has 0 spiro atoms. The second kappa shape index (κ2) is 11.9. The Balaban J connectivity index is 0.00000338. The number of rotatable bonds is 7. The molecule has 26 heavy (non-hydrogen) atoms. The van der Waals surface area contributed by atoms with E-state index in [9.17, 15) is 4.39 Å². The molecule has 0 saturated heterocycles. The van der Waals surface area contributed by atoms with E-state index in [0.29, 0.717) is 24.6 Å². The van der Waals surface area contributed by atoms with Crippen molar-refractivity contribution in [3.05, 3.63) is 71.0 Å². The van der Waals surface area contributed by atoms with Crippen LogP contribution in [0.3, 0.4) is 0 Å². The van der Waals surface area contributed by atoms with Gasteiger partial charge in [-0.05, 0) is 38.2 Å². The molecular weight excluding hydrogens is 442 g/mol. The smallest absolute Gasteiger partial charge is 0.191 e. The molecule has 0 atom stereocenters. The molecule has 2 aromatic carbocycles. The van der Waals surface area contributed by atoms with Gasteiger partial charge < -0.3 is 15.5 Å². The Hall–Kier alpha value is -1.67. The summed E-state index contributed by atoms with van der Waals surface area (Å²) in [6.45, 7) is 4.67. The Morgan fingerprint density at radius 3 is 2.27 bits per heavy atom. The molecule has 0 heterocycles. The van der Waals surface area contributed by atoms with Crippen molar-refractivity contribution < 1.29 is 4.39 Å². The van der Waals surface area contributed by atoms with E-state index in [1.54, 1.807) is 12.1 Å². The van der Waals surface area contributed by atoms with Crippen LogP contribution in [0.4, 0.5) is 4.39 Å². The van der Waals surface area contributed by atoms with Crippen LogP contribution in [-0.2, 0) is 19.6 Å². The minimum absolute atomic E-state index is 0. The summed E-state index contributed by atoms with van der Waals surface area (Å²) in [6, 6.07) is 15.2. The van der Waals surface area contributed by atoms with Crippen molar-refractivity contribution in [2.45, 2.75) is 26.6 Å². The maximum Gasteiger partial charge on any atom is 0.191 e. The highest BCUT2D eigenvalue weighted by Gasteiger charge is 2.03. The lowest BCUT2D eigenvalue weighted by Crippen LogP contribution is -2.37. The number of guanidine groups is 1. The Morgan fingerprint density at radius 1 is 1.00 bits per heavy atom. The molecule has 142 valence electrons. The second-order valence-electron chi connectivity index (χ2n) is 6.19. The van der Waals surface area contributed by atoms with Crippen LogP contribution in [0.1, 0.15) is 23.6 Å². The first kappa shape index (κ1) is 22.4. The van der Waals surface area contributed by atoms with E-state index in [4.69, 9.17) is 0 Å². The minimum Gasteiger partial charge on any atom is -0.357 e. The first-order valence-corrected chi connectivity index (χ1v) is 8.56. The average molecular weight is 470 g/mol. The first-order valence-electron chi connectivity index (χ1n) is 8.56. The molecule has 0 saturated carbocycles. The number of nitrogens with one attached hydrogen (secondary N) is 2. The van der Waals surface area contributed by atoms with Crippen molar-refractivity contribution >= 4 is 29.9 Å². The van der Waals surface area contributed by atoms with Gasteiger partial charge in [0.2, 0.25) is 0 Å². The molecule has 0 aliphatic carbocycles. The topological polar surface area (TPSA) is 39.7 Å². The zero-order valence-electron chi connectivity index (χ0n) is 15.6. The van der Waals surface area contributed by atoms with Gasteiger partial charge in [0.1, 0.15) is 5.82 Å². The van der Waals surface area contributed by atoms with Gasteiger partial charge in [-0.25, -0.2) is 9.38 Å². The summed E-state index contributed by atoms with van der Waals surface area (Å²) in [6.07, 6.45) is 0. The maximum atomic E-state index is 13.7. The zero-order chi connectivity index (χ0) is 18.1. The number of aliphatic imine (C=N–C) groups is 1. The third-order valence-electron chi connectivity index (χ3n) is 3.69. The molecular formula is C20H28FIN4. The van der Waals surface area contributed by atoms with Crippen LogP contribution in [-0.4, -0.2) is 31.5 Å². The fourth-order valence-corrected chi connectivity index (χ4v) is 2.45. The lowest BCUT2D eigenvalue weighted by molar-refractivity contribution is 0.402. The van der Waals surface area contributed by atoms with Gasteiger partial charge in [-0.2, -0.15) is 0 Å². The highest BCUT2D eigenvalue weighted by molar-refractivity contribution is 14.0. The van der Waals surface area contributed by atoms with Crippen molar-refractivity contribution in [3.8, 4) is 0 Å². The van der Waals surface area contributed by atoms with Gasteiger partial charge in [-0.1, -0.05) is 42.5 Å². The molecule has 0 amide bonds. The molecule has 2 rings (SSSR count). The van der Waals surface area contributed by atoms with Gasteiger partial charge >= 0.3 is 0 Å². The van der Waals surface area contributed by atoms with Crippen LogP contribution in [0, 0.1) is 5.82 Å². The summed E-state index contributed by atoms with van der Waals surface area (Å²) in [4.78, 5) is 6.72. The molecule has 0 aromatic heterocycles. The third-order valence-corrected chi connectivity index (χ3v) is 3.69. The van der Waals surface area contributed by atoms with Crippen LogP contribution in [0.2, 0.25) is 0 Å². The van der Waals surface area contributed by atoms with Crippen molar-refractivity contribution in [2.75, 3.05) is 20.6 Å². The van der Waals surface area contributed by atoms with E-state index >= 15 is 0 Å². The van der Waals surface area contributed by atoms with Crippen LogP contribution in [0.25, 0.3) is 0 Å². The van der Waals surface area contributed by atoms with E-state index in [1.807, 2.05) is 13.0 Å². The zero-order valence-corrected chi connectivity index (χ0v) is 18.0. The van der Waals surface area contributed by atoms with Gasteiger partial charge in [0, 0.05) is 25.2 Å². The predicted molar refractivity (Wildman–Crippen MR) is 117 cm³/mol. The van der Waals surface area contributed by atoms with E-state index in [1.165, 1.54) is 11.6 Å². The molecule has 0 aliphatic rings. The number of hydrogen-bond acceptors (Lipinski definition) is 2. The van der Waals surface area contributed by atoms with Crippen molar-refractivity contribution in [3.63, 3.8) is 0 Å². The van der Waals surface area contributed by atoms with Crippen molar-refractivity contribution in [2.24, 2.45) is 4.99 Å². The number of hydrogen-bond donors (Lipinski definition) is 2. The number of nitrogens with zero attached hydrogens (tertiary/aromatic N) is 2. The Kier molecular flexibility index (Phi) is 10.2. The SMILES string of the molecule is CCNC(=NCc1ccc(CN(C)C)cc1)NCc1ccccc1F.I. The lowest BCUT2D eigenvalue weighted by atomic mass is 10.1. The Labute approximate surface area is 172 Å². The normalized spacial score (nSPS) is 11.2. The summed E-state index contributed by atoms with van der Waals surface area (Å²) < 4.78 is 13.7. The lowest BCUT2D eigenvalue weighted by Gasteiger charge is -2.12. The Bertz CT molecular complexity index is 686. The van der Waals surface area contributed by atoms with Gasteiger partial charge in [-0.3, -0.25) is 0 Å². The summed E-state index contributed by atoms with van der Waals surface area (Å²) in [5.41, 5.74) is 3.05. The van der Waals surface area contributed by atoms with Gasteiger partial charge in [-0.15, -0.1) is 24.0 Å². The molecule has 2 N–H and O–H groups in total. The van der Waals surface area contributed by atoms with Gasteiger partial charge in [0.15, 0.2) is 5.96 Å². The van der Waals surface area contributed by atoms with E-state index in [-0.39, 0.29) is 29.8 Å². The quantitative estimate of drug-likeness (QED) is 0.368. The first-order chi connectivity index (χ1) is 12.1. The van der Waals surface area contributed by atoms with Crippen LogP contribution < -0.4 is 10.6 Å². The summed E-state index contributed by atoms with van der Waals surface area (Å²) in [7, 11) is 4.12. The van der Waals surface area contributed by atoms with Gasteiger partial charge in [0.05, 0.1) is 6.54 Å². The monoisotopic (exact) mass is 470 g/mol. The number of benzene rings is 2. The molecule has 0 aliphatic heterocycles. The molecule has 0 unspecified atom stereocenters. The van der Waals surface area contributed by atoms with Crippen LogP contribution in [0.15, 0.2) is 53.5 Å². The standard InChI is InChI=1S/C20H27FN4.HI/c1-4-22-20(24-14-18-7-5-6-8-19(18)21)23-13-16-9-11-17(12-10-16)15-25(2)3;/h5-12H,4,13-15H2,1-3H3,(H2,22,23,24);1H. The van der Waals surface area contributed by atoms with Crippen molar-refractivity contribution in [1.82, 2.24) is 15.5 Å². The van der Waals surface area contributed by atoms with E-state index in [0.717, 1.165) is 18.7 Å². The van der Waals surface area contributed by atoms with E-state index in [2.05, 4.69) is 58.9 Å². The fourth-order valence-electron chi connectivity index (χ4n) is 2.45. The molecule has 0 bridgehead atoms. The highest BCUT2D eigenvalue weighted by atomic mass is 127. The predicted octanol–water partition coefficient (Wildman–Crippen LogP) is 3.76. The van der Waals surface area contributed by atoms with E-state index < -0.39 is 0 Å². The highest BCUT2D eigenvalue weighted by Crippen LogP contribution is 2.08. The number of halogens is 2.